The van der Waals surface area contributed by atoms with Gasteiger partial charge in [-0.05, 0) is 40.9 Å². The van der Waals surface area contributed by atoms with Gasteiger partial charge in [-0.2, -0.15) is 5.10 Å². The first kappa shape index (κ1) is 15.6. The molecule has 21 heavy (non-hydrogen) atoms. The van der Waals surface area contributed by atoms with Gasteiger partial charge in [-0.1, -0.05) is 18.2 Å². The summed E-state index contributed by atoms with van der Waals surface area (Å²) in [6, 6.07) is 7.94. The van der Waals surface area contributed by atoms with E-state index in [1.54, 1.807) is 13.2 Å². The fraction of sp³-hybridized carbons (Fsp3) is 0.333. The molecule has 5 nitrogen and oxygen atoms in total. The Balaban J connectivity index is 1.79. The van der Waals surface area contributed by atoms with Crippen LogP contribution in [-0.4, -0.2) is 22.9 Å². The van der Waals surface area contributed by atoms with Crippen molar-refractivity contribution in [2.75, 3.05) is 18.5 Å². The van der Waals surface area contributed by atoms with Gasteiger partial charge in [0.05, 0.1) is 18.5 Å². The second-order valence-electron chi connectivity index (χ2n) is 4.70. The number of benzene rings is 1. The number of nitrogens with zero attached hydrogens (tertiary/aromatic N) is 2. The zero-order valence-corrected chi connectivity index (χ0v) is 13.7. The van der Waals surface area contributed by atoms with Crippen molar-refractivity contribution in [3.63, 3.8) is 0 Å². The Kier molecular flexibility index (Phi) is 5.38. The second kappa shape index (κ2) is 7.26. The maximum absolute atomic E-state index is 11.7. The van der Waals surface area contributed by atoms with Crippen LogP contribution in [0.4, 0.5) is 5.69 Å². The molecule has 0 atom stereocenters. The molecule has 0 unspecified atom stereocenters. The van der Waals surface area contributed by atoms with E-state index in [1.165, 1.54) is 4.68 Å². The average Bonchev–Trinajstić information content (AvgIpc) is 2.48. The molecule has 0 aliphatic carbocycles. The van der Waals surface area contributed by atoms with E-state index >= 15 is 0 Å². The van der Waals surface area contributed by atoms with Gasteiger partial charge in [0.25, 0.3) is 5.56 Å². The monoisotopic (exact) mass is 351 g/mol. The normalized spacial score (nSPS) is 10.4. The molecule has 0 saturated carbocycles. The van der Waals surface area contributed by atoms with Crippen LogP contribution in [0, 0.1) is 6.92 Å². The number of rotatable bonds is 6. The van der Waals surface area contributed by atoms with Gasteiger partial charge >= 0.3 is 0 Å². The van der Waals surface area contributed by atoms with Crippen LogP contribution >= 0.6 is 15.9 Å². The number of nitrogens with one attached hydrogen (secondary N) is 1. The molecule has 1 N–H and O–H groups in total. The first-order valence-electron chi connectivity index (χ1n) is 6.73. The molecular weight excluding hydrogens is 334 g/mol. The molecule has 0 fully saturated rings. The SMILES string of the molecule is Cc1ccccc1OCCCNc1cnn(C)c(=O)c1Br. The first-order chi connectivity index (χ1) is 10.1. The van der Waals surface area contributed by atoms with Crippen molar-refractivity contribution in [3.05, 3.63) is 50.9 Å². The molecule has 0 amide bonds. The number of hydrogen-bond donors (Lipinski definition) is 1. The van der Waals surface area contributed by atoms with E-state index in [-0.39, 0.29) is 5.56 Å². The Morgan fingerprint density at radius 2 is 2.14 bits per heavy atom. The van der Waals surface area contributed by atoms with E-state index in [0.29, 0.717) is 23.3 Å². The Bertz CT molecular complexity index is 670. The number of aryl methyl sites for hydroxylation is 2. The lowest BCUT2D eigenvalue weighted by molar-refractivity contribution is 0.313. The van der Waals surface area contributed by atoms with Gasteiger partial charge in [0.1, 0.15) is 10.2 Å². The van der Waals surface area contributed by atoms with Crippen LogP contribution < -0.4 is 15.6 Å². The molecular formula is C15H18BrN3O2. The van der Waals surface area contributed by atoms with Crippen LogP contribution in [0.3, 0.4) is 0 Å². The molecule has 1 aromatic heterocycles. The Labute approximate surface area is 132 Å². The molecule has 6 heteroatoms. The van der Waals surface area contributed by atoms with Crippen LogP contribution in [-0.2, 0) is 7.05 Å². The maximum Gasteiger partial charge on any atom is 0.282 e. The third-order valence-corrected chi connectivity index (χ3v) is 3.83. The summed E-state index contributed by atoms with van der Waals surface area (Å²) in [6.45, 7) is 3.35. The summed E-state index contributed by atoms with van der Waals surface area (Å²) in [4.78, 5) is 11.7. The van der Waals surface area contributed by atoms with E-state index in [4.69, 9.17) is 4.74 Å². The molecule has 0 spiro atoms. The number of ether oxygens (including phenoxy) is 1. The van der Waals surface area contributed by atoms with Gasteiger partial charge in [0.15, 0.2) is 0 Å². The zero-order valence-electron chi connectivity index (χ0n) is 12.1. The fourth-order valence-electron chi connectivity index (χ4n) is 1.83. The third-order valence-electron chi connectivity index (χ3n) is 3.07. The van der Waals surface area contributed by atoms with Crippen molar-refractivity contribution in [1.82, 2.24) is 9.78 Å². The van der Waals surface area contributed by atoms with Gasteiger partial charge < -0.3 is 10.1 Å². The summed E-state index contributed by atoms with van der Waals surface area (Å²) < 4.78 is 7.50. The highest BCUT2D eigenvalue weighted by Crippen LogP contribution is 2.17. The van der Waals surface area contributed by atoms with Crippen LogP contribution in [0.2, 0.25) is 0 Å². The van der Waals surface area contributed by atoms with Crippen molar-refractivity contribution in [1.29, 1.82) is 0 Å². The standard InChI is InChI=1S/C15H18BrN3O2/c1-11-6-3-4-7-13(11)21-9-5-8-17-12-10-18-19(2)15(20)14(12)16/h3-4,6-7,10,17H,5,8-9H2,1-2H3. The Hall–Kier alpha value is -1.82. The molecule has 1 heterocycles. The highest BCUT2D eigenvalue weighted by molar-refractivity contribution is 9.10. The summed E-state index contributed by atoms with van der Waals surface area (Å²) in [5.74, 6) is 0.911. The lowest BCUT2D eigenvalue weighted by Crippen LogP contribution is -2.21. The van der Waals surface area contributed by atoms with E-state index in [2.05, 4.69) is 26.3 Å². The average molecular weight is 352 g/mol. The van der Waals surface area contributed by atoms with E-state index in [9.17, 15) is 4.79 Å². The molecule has 2 aromatic rings. The maximum atomic E-state index is 11.7. The smallest absolute Gasteiger partial charge is 0.282 e. The van der Waals surface area contributed by atoms with Crippen LogP contribution in [0.1, 0.15) is 12.0 Å². The van der Waals surface area contributed by atoms with Crippen molar-refractivity contribution >= 4 is 21.6 Å². The molecule has 0 bridgehead atoms. The quantitative estimate of drug-likeness (QED) is 0.813. The number of aromatic nitrogens is 2. The molecule has 2 rings (SSSR count). The number of halogens is 1. The van der Waals surface area contributed by atoms with E-state index in [0.717, 1.165) is 17.7 Å². The lowest BCUT2D eigenvalue weighted by Gasteiger charge is -2.10. The second-order valence-corrected chi connectivity index (χ2v) is 5.49. The van der Waals surface area contributed by atoms with Gasteiger partial charge in [-0.3, -0.25) is 4.79 Å². The predicted molar refractivity (Wildman–Crippen MR) is 87.0 cm³/mol. The van der Waals surface area contributed by atoms with Crippen LogP contribution in [0.5, 0.6) is 5.75 Å². The van der Waals surface area contributed by atoms with Crippen molar-refractivity contribution in [2.45, 2.75) is 13.3 Å². The third kappa shape index (κ3) is 4.07. The molecule has 1 aromatic carbocycles. The molecule has 0 aliphatic heterocycles. The van der Waals surface area contributed by atoms with Crippen molar-refractivity contribution in [3.8, 4) is 5.75 Å². The summed E-state index contributed by atoms with van der Waals surface area (Å²) in [7, 11) is 1.62. The van der Waals surface area contributed by atoms with Gasteiger partial charge in [0, 0.05) is 13.6 Å². The largest absolute Gasteiger partial charge is 0.493 e. The number of para-hydroxylation sites is 1. The van der Waals surface area contributed by atoms with Gasteiger partial charge in [-0.25, -0.2) is 4.68 Å². The summed E-state index contributed by atoms with van der Waals surface area (Å²) in [5, 5.41) is 7.16. The summed E-state index contributed by atoms with van der Waals surface area (Å²) >= 11 is 3.28. The predicted octanol–water partition coefficient (Wildman–Crippen LogP) is 2.73. The van der Waals surface area contributed by atoms with E-state index < -0.39 is 0 Å². The fourth-order valence-corrected chi connectivity index (χ4v) is 2.33. The van der Waals surface area contributed by atoms with Gasteiger partial charge in [-0.15, -0.1) is 0 Å². The minimum atomic E-state index is -0.156. The van der Waals surface area contributed by atoms with Crippen molar-refractivity contribution < 1.29 is 4.74 Å². The Morgan fingerprint density at radius 3 is 2.90 bits per heavy atom. The molecule has 0 radical (unpaired) electrons. The van der Waals surface area contributed by atoms with Crippen molar-refractivity contribution in [2.24, 2.45) is 7.05 Å². The lowest BCUT2D eigenvalue weighted by atomic mass is 10.2. The molecule has 0 aliphatic rings. The summed E-state index contributed by atoms with van der Waals surface area (Å²) in [5.41, 5.74) is 1.68. The minimum absolute atomic E-state index is 0.156. The number of hydrogen-bond acceptors (Lipinski definition) is 4. The zero-order chi connectivity index (χ0) is 15.2. The highest BCUT2D eigenvalue weighted by atomic mass is 79.9. The molecule has 0 saturated heterocycles. The summed E-state index contributed by atoms with van der Waals surface area (Å²) in [6.07, 6.45) is 2.46. The molecule has 112 valence electrons. The van der Waals surface area contributed by atoms with Crippen LogP contribution in [0.25, 0.3) is 0 Å². The Morgan fingerprint density at radius 1 is 1.38 bits per heavy atom. The van der Waals surface area contributed by atoms with Crippen LogP contribution in [0.15, 0.2) is 39.7 Å². The first-order valence-corrected chi connectivity index (χ1v) is 7.53. The topological polar surface area (TPSA) is 56.1 Å². The van der Waals surface area contributed by atoms with Gasteiger partial charge in [0.2, 0.25) is 0 Å². The van der Waals surface area contributed by atoms with E-state index in [1.807, 2.05) is 31.2 Å². The highest BCUT2D eigenvalue weighted by Gasteiger charge is 2.05. The number of anilines is 1. The minimum Gasteiger partial charge on any atom is -0.493 e.